The van der Waals surface area contributed by atoms with E-state index in [1.807, 2.05) is 12.1 Å². The summed E-state index contributed by atoms with van der Waals surface area (Å²) in [5.74, 6) is -0.102. The quantitative estimate of drug-likeness (QED) is 0.492. The van der Waals surface area contributed by atoms with E-state index in [1.165, 1.54) is 25.7 Å². The number of unbranched alkanes of at least 4 members (excludes halogenated alkanes) is 5. The van der Waals surface area contributed by atoms with Gasteiger partial charge in [0.15, 0.2) is 0 Å². The molecule has 0 saturated carbocycles. The molecule has 0 aromatic carbocycles. The summed E-state index contributed by atoms with van der Waals surface area (Å²) in [6.45, 7) is 2.54. The summed E-state index contributed by atoms with van der Waals surface area (Å²) in [6.07, 6.45) is 11.1. The Labute approximate surface area is 110 Å². The summed E-state index contributed by atoms with van der Waals surface area (Å²) in [4.78, 5) is 15.4. The lowest BCUT2D eigenvalue weighted by molar-refractivity contribution is -0.145. The average molecular weight is 249 g/mol. The van der Waals surface area contributed by atoms with Crippen molar-refractivity contribution in [3.05, 3.63) is 30.1 Å². The summed E-state index contributed by atoms with van der Waals surface area (Å²) in [6, 6.07) is 3.75. The number of carbonyl (C=O) groups is 1. The average Bonchev–Trinajstić information content (AvgIpc) is 2.41. The Kier molecular flexibility index (Phi) is 7.85. The molecular weight excluding hydrogens is 226 g/mol. The van der Waals surface area contributed by atoms with Gasteiger partial charge in [-0.15, -0.1) is 0 Å². The molecule has 100 valence electrons. The first-order valence-electron chi connectivity index (χ1n) is 6.87. The normalized spacial score (nSPS) is 10.3. The van der Waals surface area contributed by atoms with Crippen molar-refractivity contribution in [1.29, 1.82) is 0 Å². The molecule has 0 fully saturated rings. The number of esters is 1. The molecule has 0 bridgehead atoms. The van der Waals surface area contributed by atoms with Crippen molar-refractivity contribution in [2.75, 3.05) is 0 Å². The fourth-order valence-corrected chi connectivity index (χ4v) is 1.77. The molecule has 1 aromatic rings. The maximum atomic E-state index is 11.5. The molecular formula is C15H23NO2. The van der Waals surface area contributed by atoms with E-state index < -0.39 is 0 Å². The lowest BCUT2D eigenvalue weighted by Gasteiger charge is -2.04. The number of pyridine rings is 1. The third kappa shape index (κ3) is 7.05. The molecule has 3 heteroatoms. The van der Waals surface area contributed by atoms with Crippen molar-refractivity contribution in [1.82, 2.24) is 4.98 Å². The van der Waals surface area contributed by atoms with E-state index in [2.05, 4.69) is 11.9 Å². The Morgan fingerprint density at radius 3 is 2.72 bits per heavy atom. The second-order valence-electron chi connectivity index (χ2n) is 4.54. The first kappa shape index (κ1) is 14.7. The number of hydrogen-bond donors (Lipinski definition) is 0. The smallest absolute Gasteiger partial charge is 0.306 e. The lowest BCUT2D eigenvalue weighted by atomic mass is 10.1. The number of nitrogens with zero attached hydrogens (tertiary/aromatic N) is 1. The predicted octanol–water partition coefficient (Wildman–Crippen LogP) is 3.88. The van der Waals surface area contributed by atoms with Crippen LogP contribution in [0.2, 0.25) is 0 Å². The minimum atomic E-state index is -0.102. The van der Waals surface area contributed by atoms with Gasteiger partial charge in [-0.05, 0) is 12.5 Å². The summed E-state index contributed by atoms with van der Waals surface area (Å²) < 4.78 is 5.18. The van der Waals surface area contributed by atoms with Crippen LogP contribution in [0.5, 0.6) is 0 Å². The zero-order chi connectivity index (χ0) is 13.1. The van der Waals surface area contributed by atoms with Gasteiger partial charge < -0.3 is 4.74 Å². The van der Waals surface area contributed by atoms with Crippen LogP contribution in [0, 0.1) is 0 Å². The van der Waals surface area contributed by atoms with Crippen LogP contribution in [0.25, 0.3) is 0 Å². The maximum absolute atomic E-state index is 11.5. The van der Waals surface area contributed by atoms with E-state index >= 15 is 0 Å². The van der Waals surface area contributed by atoms with Crippen molar-refractivity contribution < 1.29 is 9.53 Å². The molecule has 0 unspecified atom stereocenters. The van der Waals surface area contributed by atoms with Gasteiger partial charge in [0.25, 0.3) is 0 Å². The third-order valence-corrected chi connectivity index (χ3v) is 2.86. The number of hydrogen-bond acceptors (Lipinski definition) is 3. The Morgan fingerprint density at radius 1 is 1.22 bits per heavy atom. The van der Waals surface area contributed by atoms with E-state index in [1.54, 1.807) is 12.4 Å². The molecule has 1 aromatic heterocycles. The molecule has 1 rings (SSSR count). The monoisotopic (exact) mass is 249 g/mol. The van der Waals surface area contributed by atoms with Crippen LogP contribution in [0.3, 0.4) is 0 Å². The van der Waals surface area contributed by atoms with Crippen LogP contribution in [0.1, 0.15) is 57.4 Å². The minimum absolute atomic E-state index is 0.102. The first-order chi connectivity index (χ1) is 8.83. The van der Waals surface area contributed by atoms with Crippen molar-refractivity contribution in [2.45, 2.75) is 58.5 Å². The summed E-state index contributed by atoms with van der Waals surface area (Å²) in [5, 5.41) is 0. The predicted molar refractivity (Wildman–Crippen MR) is 72.0 cm³/mol. The third-order valence-electron chi connectivity index (χ3n) is 2.86. The topological polar surface area (TPSA) is 39.2 Å². The van der Waals surface area contributed by atoms with Crippen molar-refractivity contribution >= 4 is 5.97 Å². The van der Waals surface area contributed by atoms with Gasteiger partial charge in [0.1, 0.15) is 6.61 Å². The minimum Gasteiger partial charge on any atom is -0.461 e. The van der Waals surface area contributed by atoms with Crippen molar-refractivity contribution in [2.24, 2.45) is 0 Å². The molecule has 0 amide bonds. The SMILES string of the molecule is CCCCCCCCC(=O)OCc1cccnc1. The molecule has 18 heavy (non-hydrogen) atoms. The number of aromatic nitrogens is 1. The van der Waals surface area contributed by atoms with E-state index in [4.69, 9.17) is 4.74 Å². The van der Waals surface area contributed by atoms with E-state index in [9.17, 15) is 4.79 Å². The molecule has 0 aliphatic rings. The fourth-order valence-electron chi connectivity index (χ4n) is 1.77. The van der Waals surface area contributed by atoms with E-state index in [0.29, 0.717) is 13.0 Å². The van der Waals surface area contributed by atoms with Gasteiger partial charge in [-0.3, -0.25) is 9.78 Å². The Balaban J connectivity index is 2.01. The van der Waals surface area contributed by atoms with Gasteiger partial charge in [0, 0.05) is 24.4 Å². The lowest BCUT2D eigenvalue weighted by Crippen LogP contribution is -2.04. The number of rotatable bonds is 9. The van der Waals surface area contributed by atoms with Gasteiger partial charge >= 0.3 is 5.97 Å². The maximum Gasteiger partial charge on any atom is 0.306 e. The number of carbonyl (C=O) groups excluding carboxylic acids is 1. The van der Waals surface area contributed by atoms with Crippen LogP contribution in [0.4, 0.5) is 0 Å². The van der Waals surface area contributed by atoms with Gasteiger partial charge in [0.05, 0.1) is 0 Å². The van der Waals surface area contributed by atoms with Crippen molar-refractivity contribution in [3.63, 3.8) is 0 Å². The Hall–Kier alpha value is -1.38. The Morgan fingerprint density at radius 2 is 2.00 bits per heavy atom. The van der Waals surface area contributed by atoms with Crippen LogP contribution in [-0.4, -0.2) is 11.0 Å². The fraction of sp³-hybridized carbons (Fsp3) is 0.600. The molecule has 0 aliphatic heterocycles. The summed E-state index contributed by atoms with van der Waals surface area (Å²) >= 11 is 0. The molecule has 0 aliphatic carbocycles. The molecule has 0 radical (unpaired) electrons. The van der Waals surface area contributed by atoms with E-state index in [0.717, 1.165) is 18.4 Å². The van der Waals surface area contributed by atoms with Crippen LogP contribution in [-0.2, 0) is 16.1 Å². The summed E-state index contributed by atoms with van der Waals surface area (Å²) in [5.41, 5.74) is 0.939. The van der Waals surface area contributed by atoms with Gasteiger partial charge in [-0.1, -0.05) is 45.1 Å². The molecule has 3 nitrogen and oxygen atoms in total. The molecule has 0 atom stereocenters. The largest absolute Gasteiger partial charge is 0.461 e. The molecule has 0 N–H and O–H groups in total. The second kappa shape index (κ2) is 9.63. The second-order valence-corrected chi connectivity index (χ2v) is 4.54. The highest BCUT2D eigenvalue weighted by Gasteiger charge is 2.03. The van der Waals surface area contributed by atoms with Gasteiger partial charge in [-0.25, -0.2) is 0 Å². The van der Waals surface area contributed by atoms with Gasteiger partial charge in [0.2, 0.25) is 0 Å². The van der Waals surface area contributed by atoms with Crippen molar-refractivity contribution in [3.8, 4) is 0 Å². The van der Waals surface area contributed by atoms with Crippen LogP contribution in [0.15, 0.2) is 24.5 Å². The standard InChI is InChI=1S/C15H23NO2/c1-2-3-4-5-6-7-10-15(17)18-13-14-9-8-11-16-12-14/h8-9,11-12H,2-7,10,13H2,1H3. The molecule has 0 spiro atoms. The zero-order valence-corrected chi connectivity index (χ0v) is 11.2. The highest BCUT2D eigenvalue weighted by Crippen LogP contribution is 2.08. The van der Waals surface area contributed by atoms with E-state index in [-0.39, 0.29) is 5.97 Å². The number of ether oxygens (including phenoxy) is 1. The zero-order valence-electron chi connectivity index (χ0n) is 11.2. The summed E-state index contributed by atoms with van der Waals surface area (Å²) in [7, 11) is 0. The highest BCUT2D eigenvalue weighted by atomic mass is 16.5. The van der Waals surface area contributed by atoms with Gasteiger partial charge in [-0.2, -0.15) is 0 Å². The van der Waals surface area contributed by atoms with Crippen LogP contribution >= 0.6 is 0 Å². The first-order valence-corrected chi connectivity index (χ1v) is 6.87. The Bertz CT molecular complexity index is 325. The molecule has 0 saturated heterocycles. The van der Waals surface area contributed by atoms with Crippen LogP contribution < -0.4 is 0 Å². The molecule has 1 heterocycles. The highest BCUT2D eigenvalue weighted by molar-refractivity contribution is 5.69.